The average molecular weight is 219 g/mol. The fourth-order valence-corrected chi connectivity index (χ4v) is 2.61. The summed E-state index contributed by atoms with van der Waals surface area (Å²) in [6, 6.07) is 0. The van der Waals surface area contributed by atoms with Gasteiger partial charge < -0.3 is 9.74 Å². The summed E-state index contributed by atoms with van der Waals surface area (Å²) in [7, 11) is 1.60. The van der Waals surface area contributed by atoms with E-state index in [4.69, 9.17) is 0 Å². The van der Waals surface area contributed by atoms with Crippen LogP contribution in [0, 0.1) is 11.8 Å². The third-order valence-electron chi connectivity index (χ3n) is 3.38. The van der Waals surface area contributed by atoms with E-state index in [2.05, 4.69) is 14.9 Å². The highest BCUT2D eigenvalue weighted by Crippen LogP contribution is 2.33. The molecule has 3 nitrogen and oxygen atoms in total. The molecule has 0 radical (unpaired) electrons. The predicted octanol–water partition coefficient (Wildman–Crippen LogP) is 1.77. The Labute approximate surface area is 91.9 Å². The summed E-state index contributed by atoms with van der Waals surface area (Å²) < 4.78 is 0. The SMILES string of the molecule is CON=CCC1CN2CCC1CC2.Cl. The van der Waals surface area contributed by atoms with Crippen molar-refractivity contribution in [3.63, 3.8) is 0 Å². The molecule has 0 aromatic rings. The number of halogens is 1. The van der Waals surface area contributed by atoms with E-state index in [0.717, 1.165) is 18.3 Å². The fourth-order valence-electron chi connectivity index (χ4n) is 2.61. The molecule has 3 heterocycles. The van der Waals surface area contributed by atoms with Crippen LogP contribution in [0.1, 0.15) is 19.3 Å². The molecule has 3 saturated heterocycles. The van der Waals surface area contributed by atoms with E-state index >= 15 is 0 Å². The lowest BCUT2D eigenvalue weighted by Crippen LogP contribution is -2.47. The van der Waals surface area contributed by atoms with Crippen molar-refractivity contribution < 1.29 is 4.84 Å². The van der Waals surface area contributed by atoms with Crippen LogP contribution in [0.25, 0.3) is 0 Å². The molecule has 3 aliphatic rings. The quantitative estimate of drug-likeness (QED) is 0.533. The Hall–Kier alpha value is -0.280. The zero-order valence-electron chi connectivity index (χ0n) is 8.69. The van der Waals surface area contributed by atoms with Crippen LogP contribution in [0.3, 0.4) is 0 Å². The van der Waals surface area contributed by atoms with E-state index in [-0.39, 0.29) is 12.4 Å². The molecule has 1 unspecified atom stereocenters. The maximum atomic E-state index is 4.67. The van der Waals surface area contributed by atoms with E-state index in [1.807, 2.05) is 6.21 Å². The minimum absolute atomic E-state index is 0. The van der Waals surface area contributed by atoms with E-state index in [0.29, 0.717) is 0 Å². The standard InChI is InChI=1S/C10H18N2O.ClH/c1-13-11-5-2-10-8-12-6-3-9(10)4-7-12;/h5,9-10H,2-4,6-8H2,1H3;1H. The molecule has 0 aliphatic carbocycles. The van der Waals surface area contributed by atoms with Gasteiger partial charge in [-0.2, -0.15) is 0 Å². The summed E-state index contributed by atoms with van der Waals surface area (Å²) in [6.45, 7) is 3.92. The Morgan fingerprint density at radius 1 is 1.43 bits per heavy atom. The number of piperidine rings is 3. The molecule has 4 heteroatoms. The first-order valence-corrected chi connectivity index (χ1v) is 5.17. The van der Waals surface area contributed by atoms with Gasteiger partial charge in [0.25, 0.3) is 0 Å². The van der Waals surface area contributed by atoms with Crippen LogP contribution in [0.2, 0.25) is 0 Å². The number of oxime groups is 1. The van der Waals surface area contributed by atoms with Crippen molar-refractivity contribution in [1.82, 2.24) is 4.90 Å². The van der Waals surface area contributed by atoms with Gasteiger partial charge in [-0.3, -0.25) is 0 Å². The van der Waals surface area contributed by atoms with Gasteiger partial charge in [0.15, 0.2) is 0 Å². The smallest absolute Gasteiger partial charge is 0.106 e. The van der Waals surface area contributed by atoms with Crippen molar-refractivity contribution >= 4 is 18.6 Å². The second-order valence-corrected chi connectivity index (χ2v) is 4.10. The third kappa shape index (κ3) is 2.61. The first-order valence-electron chi connectivity index (χ1n) is 5.17. The number of rotatable bonds is 3. The van der Waals surface area contributed by atoms with Gasteiger partial charge in [0.1, 0.15) is 7.11 Å². The largest absolute Gasteiger partial charge is 0.399 e. The van der Waals surface area contributed by atoms with Crippen LogP contribution in [0.15, 0.2) is 5.16 Å². The van der Waals surface area contributed by atoms with Gasteiger partial charge in [0, 0.05) is 12.8 Å². The van der Waals surface area contributed by atoms with Crippen molar-refractivity contribution in [3.8, 4) is 0 Å². The Balaban J connectivity index is 0.000000980. The molecular formula is C10H19ClN2O. The van der Waals surface area contributed by atoms with Crippen molar-refractivity contribution in [3.05, 3.63) is 0 Å². The first kappa shape index (κ1) is 11.8. The van der Waals surface area contributed by atoms with Gasteiger partial charge in [-0.1, -0.05) is 5.16 Å². The molecule has 0 saturated carbocycles. The van der Waals surface area contributed by atoms with E-state index in [9.17, 15) is 0 Å². The highest BCUT2D eigenvalue weighted by molar-refractivity contribution is 5.85. The van der Waals surface area contributed by atoms with Crippen molar-refractivity contribution in [2.45, 2.75) is 19.3 Å². The molecule has 0 aromatic carbocycles. The molecule has 3 fully saturated rings. The summed E-state index contributed by atoms with van der Waals surface area (Å²) in [4.78, 5) is 7.24. The van der Waals surface area contributed by atoms with Gasteiger partial charge in [0.2, 0.25) is 0 Å². The number of hydrogen-bond donors (Lipinski definition) is 0. The fraction of sp³-hybridized carbons (Fsp3) is 0.900. The Bertz CT molecular complexity index is 191. The van der Waals surface area contributed by atoms with Gasteiger partial charge in [-0.25, -0.2) is 0 Å². The van der Waals surface area contributed by atoms with Crippen molar-refractivity contribution in [2.24, 2.45) is 17.0 Å². The lowest BCUT2D eigenvalue weighted by Gasteiger charge is -2.44. The highest BCUT2D eigenvalue weighted by Gasteiger charge is 2.33. The zero-order valence-corrected chi connectivity index (χ0v) is 9.50. The zero-order chi connectivity index (χ0) is 9.10. The summed E-state index contributed by atoms with van der Waals surface area (Å²) in [5.74, 6) is 1.79. The minimum atomic E-state index is 0. The first-order chi connectivity index (χ1) is 6.40. The molecule has 0 N–H and O–H groups in total. The van der Waals surface area contributed by atoms with Gasteiger partial charge in [0.05, 0.1) is 0 Å². The van der Waals surface area contributed by atoms with Crippen LogP contribution in [0.4, 0.5) is 0 Å². The third-order valence-corrected chi connectivity index (χ3v) is 3.38. The van der Waals surface area contributed by atoms with Crippen LogP contribution in [0.5, 0.6) is 0 Å². The molecular weight excluding hydrogens is 200 g/mol. The number of fused-ring (bicyclic) bond motifs is 3. The molecule has 2 bridgehead atoms. The lowest BCUT2D eigenvalue weighted by atomic mass is 9.78. The Morgan fingerprint density at radius 3 is 2.64 bits per heavy atom. The molecule has 3 aliphatic heterocycles. The highest BCUT2D eigenvalue weighted by atomic mass is 35.5. The van der Waals surface area contributed by atoms with Crippen molar-refractivity contribution in [1.29, 1.82) is 0 Å². The maximum absolute atomic E-state index is 4.67. The number of nitrogens with zero attached hydrogens (tertiary/aromatic N) is 2. The summed E-state index contributed by atoms with van der Waals surface area (Å²) >= 11 is 0. The minimum Gasteiger partial charge on any atom is -0.399 e. The van der Waals surface area contributed by atoms with E-state index in [1.54, 1.807) is 7.11 Å². The second-order valence-electron chi connectivity index (χ2n) is 4.10. The van der Waals surface area contributed by atoms with Gasteiger partial charge in [-0.05, 0) is 44.2 Å². The maximum Gasteiger partial charge on any atom is 0.106 e. The molecule has 14 heavy (non-hydrogen) atoms. The average Bonchev–Trinajstić information content (AvgIpc) is 2.20. The molecule has 0 amide bonds. The molecule has 82 valence electrons. The molecule has 1 atom stereocenters. The van der Waals surface area contributed by atoms with Crippen molar-refractivity contribution in [2.75, 3.05) is 26.7 Å². The summed E-state index contributed by atoms with van der Waals surface area (Å²) in [5.41, 5.74) is 0. The van der Waals surface area contributed by atoms with E-state index in [1.165, 1.54) is 32.5 Å². The second kappa shape index (κ2) is 5.56. The van der Waals surface area contributed by atoms with Crippen LogP contribution in [-0.2, 0) is 4.84 Å². The molecule has 0 spiro atoms. The van der Waals surface area contributed by atoms with Crippen LogP contribution >= 0.6 is 12.4 Å². The number of hydrogen-bond acceptors (Lipinski definition) is 3. The van der Waals surface area contributed by atoms with Gasteiger partial charge in [-0.15, -0.1) is 12.4 Å². The predicted molar refractivity (Wildman–Crippen MR) is 60.0 cm³/mol. The van der Waals surface area contributed by atoms with Crippen LogP contribution in [-0.4, -0.2) is 37.9 Å². The Morgan fingerprint density at radius 2 is 2.14 bits per heavy atom. The lowest BCUT2D eigenvalue weighted by molar-refractivity contribution is 0.0547. The monoisotopic (exact) mass is 218 g/mol. The van der Waals surface area contributed by atoms with Crippen LogP contribution < -0.4 is 0 Å². The topological polar surface area (TPSA) is 24.8 Å². The van der Waals surface area contributed by atoms with E-state index < -0.39 is 0 Å². The normalized spacial score (nSPS) is 35.6. The summed E-state index contributed by atoms with van der Waals surface area (Å²) in [6.07, 6.45) is 5.80. The molecule has 0 aromatic heterocycles. The summed E-state index contributed by atoms with van der Waals surface area (Å²) in [5, 5.41) is 3.81. The van der Waals surface area contributed by atoms with Gasteiger partial charge >= 0.3 is 0 Å². The Kier molecular flexibility index (Phi) is 4.69. The molecule has 3 rings (SSSR count).